The third-order valence-corrected chi connectivity index (χ3v) is 3.83. The number of nitrogens with one attached hydrogen (secondary N) is 3. The minimum atomic E-state index is -0.612. The zero-order valence-electron chi connectivity index (χ0n) is 14.6. The van der Waals surface area contributed by atoms with E-state index in [-0.39, 0.29) is 18.9 Å². The largest absolute Gasteiger partial charge is 0.337 e. The molecule has 0 spiro atoms. The Balaban J connectivity index is 1.78. The summed E-state index contributed by atoms with van der Waals surface area (Å²) in [5.41, 5.74) is 0.313. The van der Waals surface area contributed by atoms with Crippen LogP contribution < -0.4 is 16.0 Å². The van der Waals surface area contributed by atoms with Gasteiger partial charge in [-0.25, -0.2) is 13.6 Å². The van der Waals surface area contributed by atoms with E-state index in [1.165, 1.54) is 30.3 Å². The van der Waals surface area contributed by atoms with Crippen LogP contribution in [0.2, 0.25) is 0 Å². The van der Waals surface area contributed by atoms with E-state index in [0.29, 0.717) is 11.3 Å². The molecule has 0 fully saturated rings. The molecule has 2 aromatic rings. The third kappa shape index (κ3) is 5.54. The molecule has 26 heavy (non-hydrogen) atoms. The van der Waals surface area contributed by atoms with Crippen molar-refractivity contribution >= 4 is 17.6 Å². The second-order valence-electron chi connectivity index (χ2n) is 6.46. The average molecular weight is 361 g/mol. The van der Waals surface area contributed by atoms with Gasteiger partial charge in [0.25, 0.3) is 0 Å². The monoisotopic (exact) mass is 361 g/mol. The van der Waals surface area contributed by atoms with Crippen LogP contribution in [0.5, 0.6) is 0 Å². The van der Waals surface area contributed by atoms with E-state index in [1.54, 1.807) is 18.2 Å². The highest BCUT2D eigenvalue weighted by atomic mass is 19.1. The van der Waals surface area contributed by atoms with Crippen molar-refractivity contribution in [2.45, 2.75) is 19.3 Å². The van der Waals surface area contributed by atoms with Gasteiger partial charge in [0, 0.05) is 17.6 Å². The van der Waals surface area contributed by atoms with E-state index in [4.69, 9.17) is 0 Å². The Bertz CT molecular complexity index is 777. The van der Waals surface area contributed by atoms with E-state index in [1.807, 2.05) is 13.8 Å². The van der Waals surface area contributed by atoms with E-state index in [9.17, 15) is 18.4 Å². The first-order valence-electron chi connectivity index (χ1n) is 8.10. The number of amides is 3. The fraction of sp³-hybridized carbons (Fsp3) is 0.263. The Morgan fingerprint density at radius 3 is 2.27 bits per heavy atom. The number of carbonyl (C=O) groups excluding carboxylic acids is 2. The second kappa shape index (κ2) is 8.42. The first-order valence-corrected chi connectivity index (χ1v) is 8.10. The minimum Gasteiger partial charge on any atom is -0.337 e. The lowest BCUT2D eigenvalue weighted by Crippen LogP contribution is -2.44. The molecule has 3 N–H and O–H groups in total. The highest BCUT2D eigenvalue weighted by Crippen LogP contribution is 2.24. The van der Waals surface area contributed by atoms with E-state index in [2.05, 4.69) is 16.0 Å². The zero-order chi connectivity index (χ0) is 19.2. The fourth-order valence-electron chi connectivity index (χ4n) is 2.37. The topological polar surface area (TPSA) is 70.2 Å². The Kier molecular flexibility index (Phi) is 6.27. The molecule has 0 atom stereocenters. The van der Waals surface area contributed by atoms with Crippen molar-refractivity contribution in [2.24, 2.45) is 0 Å². The molecule has 0 aromatic heterocycles. The van der Waals surface area contributed by atoms with Crippen LogP contribution in [0.3, 0.4) is 0 Å². The van der Waals surface area contributed by atoms with Gasteiger partial charge in [-0.15, -0.1) is 0 Å². The summed E-state index contributed by atoms with van der Waals surface area (Å²) < 4.78 is 26.7. The predicted molar refractivity (Wildman–Crippen MR) is 95.9 cm³/mol. The molecular weight excluding hydrogens is 340 g/mol. The van der Waals surface area contributed by atoms with Crippen LogP contribution in [-0.2, 0) is 10.2 Å². The van der Waals surface area contributed by atoms with Crippen LogP contribution in [0, 0.1) is 11.6 Å². The van der Waals surface area contributed by atoms with Crippen molar-refractivity contribution in [3.63, 3.8) is 0 Å². The molecule has 0 aliphatic heterocycles. The van der Waals surface area contributed by atoms with Gasteiger partial charge < -0.3 is 16.0 Å². The number of anilines is 1. The third-order valence-electron chi connectivity index (χ3n) is 3.83. The van der Waals surface area contributed by atoms with Crippen LogP contribution >= 0.6 is 0 Å². The van der Waals surface area contributed by atoms with E-state index >= 15 is 0 Å². The maximum Gasteiger partial charge on any atom is 0.315 e. The van der Waals surface area contributed by atoms with Gasteiger partial charge in [0.05, 0.1) is 6.54 Å². The molecule has 0 unspecified atom stereocenters. The first kappa shape index (κ1) is 19.4. The lowest BCUT2D eigenvalue weighted by atomic mass is 9.84. The zero-order valence-corrected chi connectivity index (χ0v) is 14.6. The van der Waals surface area contributed by atoms with E-state index in [0.717, 1.165) is 0 Å². The SMILES string of the molecule is CC(C)(CNC(=O)NCC(=O)Nc1ccc(F)cc1)c1ccccc1F. The summed E-state index contributed by atoms with van der Waals surface area (Å²) in [5.74, 6) is -1.18. The van der Waals surface area contributed by atoms with Gasteiger partial charge in [-0.1, -0.05) is 32.0 Å². The molecule has 0 saturated heterocycles. The summed E-state index contributed by atoms with van der Waals surface area (Å²) in [5, 5.41) is 7.58. The van der Waals surface area contributed by atoms with Crippen LogP contribution in [-0.4, -0.2) is 25.0 Å². The number of urea groups is 1. The summed E-state index contributed by atoms with van der Waals surface area (Å²) in [4.78, 5) is 23.6. The van der Waals surface area contributed by atoms with Crippen molar-refractivity contribution in [3.05, 3.63) is 65.7 Å². The number of carbonyl (C=O) groups is 2. The van der Waals surface area contributed by atoms with Gasteiger partial charge in [-0.05, 0) is 35.9 Å². The summed E-state index contributed by atoms with van der Waals surface area (Å²) in [6, 6.07) is 11.1. The number of halogens is 2. The summed E-state index contributed by atoms with van der Waals surface area (Å²) >= 11 is 0. The van der Waals surface area contributed by atoms with Crippen molar-refractivity contribution in [3.8, 4) is 0 Å². The van der Waals surface area contributed by atoms with Crippen molar-refractivity contribution in [2.75, 3.05) is 18.4 Å². The lowest BCUT2D eigenvalue weighted by molar-refractivity contribution is -0.115. The quantitative estimate of drug-likeness (QED) is 0.740. The molecule has 0 bridgehead atoms. The number of hydrogen-bond donors (Lipinski definition) is 3. The molecule has 0 aliphatic carbocycles. The van der Waals surface area contributed by atoms with Gasteiger partial charge in [0.2, 0.25) is 5.91 Å². The van der Waals surface area contributed by atoms with Crippen molar-refractivity contribution < 1.29 is 18.4 Å². The summed E-state index contributed by atoms with van der Waals surface area (Å²) in [6.07, 6.45) is 0. The maximum atomic E-state index is 13.9. The van der Waals surface area contributed by atoms with Gasteiger partial charge in [-0.2, -0.15) is 0 Å². The Morgan fingerprint density at radius 1 is 0.962 bits per heavy atom. The van der Waals surface area contributed by atoms with Crippen LogP contribution in [0.25, 0.3) is 0 Å². The highest BCUT2D eigenvalue weighted by molar-refractivity contribution is 5.94. The normalized spacial score (nSPS) is 10.9. The Hall–Kier alpha value is -2.96. The number of hydrogen-bond acceptors (Lipinski definition) is 2. The van der Waals surface area contributed by atoms with Crippen molar-refractivity contribution in [1.82, 2.24) is 10.6 Å². The highest BCUT2D eigenvalue weighted by Gasteiger charge is 2.24. The molecule has 138 valence electrons. The molecular formula is C19H21F2N3O2. The second-order valence-corrected chi connectivity index (χ2v) is 6.46. The van der Waals surface area contributed by atoms with Crippen LogP contribution in [0.4, 0.5) is 19.3 Å². The van der Waals surface area contributed by atoms with Crippen molar-refractivity contribution in [1.29, 1.82) is 0 Å². The van der Waals surface area contributed by atoms with E-state index < -0.39 is 23.2 Å². The fourth-order valence-corrected chi connectivity index (χ4v) is 2.37. The van der Waals surface area contributed by atoms with Gasteiger partial charge in [0.15, 0.2) is 0 Å². The van der Waals surface area contributed by atoms with Crippen LogP contribution in [0.1, 0.15) is 19.4 Å². The van der Waals surface area contributed by atoms with Gasteiger partial charge in [-0.3, -0.25) is 4.79 Å². The lowest BCUT2D eigenvalue weighted by Gasteiger charge is -2.26. The van der Waals surface area contributed by atoms with Gasteiger partial charge >= 0.3 is 6.03 Å². The molecule has 5 nitrogen and oxygen atoms in total. The Labute approximate surface area is 150 Å². The maximum absolute atomic E-state index is 13.9. The number of benzene rings is 2. The first-order chi connectivity index (χ1) is 12.3. The molecule has 2 rings (SSSR count). The molecule has 3 amide bonds. The van der Waals surface area contributed by atoms with Crippen LogP contribution in [0.15, 0.2) is 48.5 Å². The molecule has 0 saturated carbocycles. The number of rotatable bonds is 6. The molecule has 7 heteroatoms. The smallest absolute Gasteiger partial charge is 0.315 e. The predicted octanol–water partition coefficient (Wildman–Crippen LogP) is 3.18. The molecule has 0 heterocycles. The molecule has 0 radical (unpaired) electrons. The van der Waals surface area contributed by atoms with Gasteiger partial charge in [0.1, 0.15) is 11.6 Å². The molecule has 2 aromatic carbocycles. The minimum absolute atomic E-state index is 0.194. The Morgan fingerprint density at radius 2 is 1.62 bits per heavy atom. The summed E-state index contributed by atoms with van der Waals surface area (Å²) in [6.45, 7) is 3.57. The average Bonchev–Trinajstić information content (AvgIpc) is 2.60. The standard InChI is InChI=1S/C19H21F2N3O2/c1-19(2,15-5-3-4-6-16(15)21)12-23-18(26)22-11-17(25)24-14-9-7-13(20)8-10-14/h3-10H,11-12H2,1-2H3,(H,24,25)(H2,22,23,26). The molecule has 0 aliphatic rings. The summed E-state index contributed by atoms with van der Waals surface area (Å²) in [7, 11) is 0.